The number of hydrogen-bond acceptors (Lipinski definition) is 4. The van der Waals surface area contributed by atoms with Crippen LogP contribution in [0.3, 0.4) is 0 Å². The minimum absolute atomic E-state index is 0.264. The monoisotopic (exact) mass is 322 g/mol. The Morgan fingerprint density at radius 3 is 2.58 bits per heavy atom. The lowest BCUT2D eigenvalue weighted by atomic mass is 9.96. The standard InChI is InChI=1S/C18H15FN4O/c1-21-18(24)15-8-12(16-9-23-17(20)10-22-16)5-6-14(15)11-3-2-4-13(19)7-11/h2-10H,1H3,(H2,20,23)(H,21,24). The number of amides is 1. The van der Waals surface area contributed by atoms with Crippen LogP contribution >= 0.6 is 0 Å². The Labute approximate surface area is 138 Å². The van der Waals surface area contributed by atoms with Crippen molar-refractivity contribution in [1.82, 2.24) is 15.3 Å². The van der Waals surface area contributed by atoms with Gasteiger partial charge in [-0.3, -0.25) is 9.78 Å². The summed E-state index contributed by atoms with van der Waals surface area (Å²) >= 11 is 0. The van der Waals surface area contributed by atoms with Gasteiger partial charge in [-0.2, -0.15) is 0 Å². The molecule has 0 aliphatic rings. The zero-order valence-corrected chi connectivity index (χ0v) is 13.0. The van der Waals surface area contributed by atoms with Crippen molar-refractivity contribution in [1.29, 1.82) is 0 Å². The van der Waals surface area contributed by atoms with Crippen molar-refractivity contribution in [3.63, 3.8) is 0 Å². The first-order chi connectivity index (χ1) is 11.6. The molecule has 0 atom stereocenters. The summed E-state index contributed by atoms with van der Waals surface area (Å²) in [5.74, 6) is -0.301. The molecule has 0 aliphatic heterocycles. The Hall–Kier alpha value is -3.28. The Morgan fingerprint density at radius 1 is 1.08 bits per heavy atom. The largest absolute Gasteiger partial charge is 0.382 e. The van der Waals surface area contributed by atoms with E-state index < -0.39 is 0 Å². The maximum Gasteiger partial charge on any atom is 0.251 e. The van der Waals surface area contributed by atoms with Gasteiger partial charge in [0.25, 0.3) is 5.91 Å². The molecule has 1 aromatic heterocycles. The smallest absolute Gasteiger partial charge is 0.251 e. The van der Waals surface area contributed by atoms with Gasteiger partial charge in [0.15, 0.2) is 0 Å². The van der Waals surface area contributed by atoms with Crippen LogP contribution in [0.2, 0.25) is 0 Å². The predicted molar refractivity (Wildman–Crippen MR) is 90.7 cm³/mol. The predicted octanol–water partition coefficient (Wildman–Crippen LogP) is 2.89. The molecule has 0 aliphatic carbocycles. The number of nitrogens with one attached hydrogen (secondary N) is 1. The topological polar surface area (TPSA) is 80.9 Å². The van der Waals surface area contributed by atoms with Crippen molar-refractivity contribution >= 4 is 11.7 Å². The van der Waals surface area contributed by atoms with Gasteiger partial charge in [-0.25, -0.2) is 9.37 Å². The van der Waals surface area contributed by atoms with Gasteiger partial charge in [0.05, 0.1) is 18.1 Å². The maximum atomic E-state index is 13.5. The van der Waals surface area contributed by atoms with E-state index in [0.29, 0.717) is 28.2 Å². The molecule has 1 heterocycles. The fourth-order valence-electron chi connectivity index (χ4n) is 2.42. The molecule has 3 N–H and O–H groups in total. The first-order valence-electron chi connectivity index (χ1n) is 7.28. The lowest BCUT2D eigenvalue weighted by Crippen LogP contribution is -2.18. The van der Waals surface area contributed by atoms with Gasteiger partial charge in [0, 0.05) is 18.2 Å². The SMILES string of the molecule is CNC(=O)c1cc(-c2cnc(N)cn2)ccc1-c1cccc(F)c1. The molecule has 1 amide bonds. The Morgan fingerprint density at radius 2 is 1.92 bits per heavy atom. The van der Waals surface area contributed by atoms with Crippen LogP contribution in [0.5, 0.6) is 0 Å². The molecule has 5 nitrogen and oxygen atoms in total. The Balaban J connectivity index is 2.14. The zero-order chi connectivity index (χ0) is 17.1. The van der Waals surface area contributed by atoms with Gasteiger partial charge in [-0.15, -0.1) is 0 Å². The Bertz CT molecular complexity index is 894. The average Bonchev–Trinajstić information content (AvgIpc) is 2.61. The van der Waals surface area contributed by atoms with Crippen molar-refractivity contribution in [3.8, 4) is 22.4 Å². The molecule has 0 radical (unpaired) electrons. The minimum atomic E-state index is -0.358. The molecular weight excluding hydrogens is 307 g/mol. The number of benzene rings is 2. The van der Waals surface area contributed by atoms with Crippen molar-refractivity contribution in [2.75, 3.05) is 12.8 Å². The molecular formula is C18H15FN4O. The second-order valence-corrected chi connectivity index (χ2v) is 5.18. The van der Waals surface area contributed by atoms with E-state index in [0.717, 1.165) is 5.56 Å². The number of nitrogens with zero attached hydrogens (tertiary/aromatic N) is 2. The third-order valence-electron chi connectivity index (χ3n) is 3.59. The van der Waals surface area contributed by atoms with Crippen LogP contribution in [0.25, 0.3) is 22.4 Å². The molecule has 0 spiro atoms. The first kappa shape index (κ1) is 15.6. The number of nitrogens with two attached hydrogens (primary N) is 1. The van der Waals surface area contributed by atoms with Gasteiger partial charge in [0.2, 0.25) is 0 Å². The lowest BCUT2D eigenvalue weighted by Gasteiger charge is -2.11. The van der Waals surface area contributed by atoms with E-state index in [-0.39, 0.29) is 11.7 Å². The van der Waals surface area contributed by atoms with Crippen LogP contribution < -0.4 is 11.1 Å². The number of nitrogen functional groups attached to an aromatic ring is 1. The van der Waals surface area contributed by atoms with E-state index in [4.69, 9.17) is 5.73 Å². The maximum absolute atomic E-state index is 13.5. The molecule has 120 valence electrons. The van der Waals surface area contributed by atoms with Gasteiger partial charge in [0.1, 0.15) is 11.6 Å². The zero-order valence-electron chi connectivity index (χ0n) is 13.0. The number of aromatic nitrogens is 2. The summed E-state index contributed by atoms with van der Waals surface area (Å²) in [6, 6.07) is 11.4. The van der Waals surface area contributed by atoms with Crippen molar-refractivity contribution in [3.05, 3.63) is 66.2 Å². The summed E-state index contributed by atoms with van der Waals surface area (Å²) < 4.78 is 13.5. The van der Waals surface area contributed by atoms with Crippen LogP contribution in [-0.2, 0) is 0 Å². The molecule has 0 saturated heterocycles. The third-order valence-corrected chi connectivity index (χ3v) is 3.59. The van der Waals surface area contributed by atoms with Gasteiger partial charge in [-0.05, 0) is 29.3 Å². The van der Waals surface area contributed by atoms with Crippen LogP contribution in [0, 0.1) is 5.82 Å². The quantitative estimate of drug-likeness (QED) is 0.777. The summed E-state index contributed by atoms with van der Waals surface area (Å²) in [4.78, 5) is 20.5. The lowest BCUT2D eigenvalue weighted by molar-refractivity contribution is 0.0964. The van der Waals surface area contributed by atoms with Crippen molar-refractivity contribution in [2.24, 2.45) is 0 Å². The van der Waals surface area contributed by atoms with E-state index in [9.17, 15) is 9.18 Å². The molecule has 2 aromatic carbocycles. The minimum Gasteiger partial charge on any atom is -0.382 e. The van der Waals surface area contributed by atoms with Crippen LogP contribution in [0.1, 0.15) is 10.4 Å². The van der Waals surface area contributed by atoms with Crippen molar-refractivity contribution in [2.45, 2.75) is 0 Å². The molecule has 3 rings (SSSR count). The number of carbonyl (C=O) groups is 1. The highest BCUT2D eigenvalue weighted by Gasteiger charge is 2.14. The number of anilines is 1. The number of halogens is 1. The van der Waals surface area contributed by atoms with E-state index >= 15 is 0 Å². The number of rotatable bonds is 3. The molecule has 0 saturated carbocycles. The molecule has 3 aromatic rings. The van der Waals surface area contributed by atoms with Gasteiger partial charge in [-0.1, -0.05) is 24.3 Å². The molecule has 6 heteroatoms. The van der Waals surface area contributed by atoms with E-state index in [1.165, 1.54) is 18.3 Å². The van der Waals surface area contributed by atoms with Crippen LogP contribution in [0.4, 0.5) is 10.2 Å². The summed E-state index contributed by atoms with van der Waals surface area (Å²) in [7, 11) is 1.55. The fraction of sp³-hybridized carbons (Fsp3) is 0.0556. The highest BCUT2D eigenvalue weighted by atomic mass is 19.1. The third kappa shape index (κ3) is 3.08. The fourth-order valence-corrected chi connectivity index (χ4v) is 2.42. The number of carbonyl (C=O) groups excluding carboxylic acids is 1. The molecule has 0 unspecified atom stereocenters. The summed E-state index contributed by atoms with van der Waals surface area (Å²) in [5, 5.41) is 2.61. The van der Waals surface area contributed by atoms with Gasteiger partial charge >= 0.3 is 0 Å². The number of hydrogen-bond donors (Lipinski definition) is 2. The Kier molecular flexibility index (Phi) is 4.20. The molecule has 0 fully saturated rings. The highest BCUT2D eigenvalue weighted by molar-refractivity contribution is 6.01. The summed E-state index contributed by atoms with van der Waals surface area (Å²) in [6.45, 7) is 0. The van der Waals surface area contributed by atoms with Crippen LogP contribution in [-0.4, -0.2) is 22.9 Å². The second kappa shape index (κ2) is 6.45. The van der Waals surface area contributed by atoms with Crippen LogP contribution in [0.15, 0.2) is 54.9 Å². The summed E-state index contributed by atoms with van der Waals surface area (Å²) in [6.07, 6.45) is 3.00. The van der Waals surface area contributed by atoms with Gasteiger partial charge < -0.3 is 11.1 Å². The summed E-state index contributed by atoms with van der Waals surface area (Å²) in [5.41, 5.74) is 8.56. The normalized spacial score (nSPS) is 10.4. The first-order valence-corrected chi connectivity index (χ1v) is 7.28. The van der Waals surface area contributed by atoms with Crippen molar-refractivity contribution < 1.29 is 9.18 Å². The van der Waals surface area contributed by atoms with E-state index in [1.54, 1.807) is 37.5 Å². The second-order valence-electron chi connectivity index (χ2n) is 5.18. The molecule has 0 bridgehead atoms. The highest BCUT2D eigenvalue weighted by Crippen LogP contribution is 2.28. The molecule has 24 heavy (non-hydrogen) atoms. The average molecular weight is 322 g/mol. The van der Waals surface area contributed by atoms with E-state index in [2.05, 4.69) is 15.3 Å². The van der Waals surface area contributed by atoms with E-state index in [1.807, 2.05) is 6.07 Å².